The molecule has 5 heteroatoms. The monoisotopic (exact) mass is 213 g/mol. The van der Waals surface area contributed by atoms with E-state index >= 15 is 0 Å². The zero-order valence-corrected chi connectivity index (χ0v) is 9.54. The lowest BCUT2D eigenvalue weighted by molar-refractivity contribution is -0.137. The fourth-order valence-corrected chi connectivity index (χ4v) is 1.87. The molecule has 0 radical (unpaired) electrons. The highest BCUT2D eigenvalue weighted by molar-refractivity contribution is 5.90. The zero-order valence-electron chi connectivity index (χ0n) is 9.54. The van der Waals surface area contributed by atoms with Crippen molar-refractivity contribution >= 4 is 11.8 Å². The van der Waals surface area contributed by atoms with Gasteiger partial charge in [0.25, 0.3) is 0 Å². The number of amides is 2. The largest absolute Gasteiger partial charge is 0.357 e. The van der Waals surface area contributed by atoms with Gasteiger partial charge in [0.2, 0.25) is 11.8 Å². The molecule has 0 spiro atoms. The van der Waals surface area contributed by atoms with Crippen LogP contribution in [0.4, 0.5) is 0 Å². The molecule has 86 valence electrons. The van der Waals surface area contributed by atoms with Crippen molar-refractivity contribution in [2.45, 2.75) is 32.4 Å². The Morgan fingerprint density at radius 3 is 2.87 bits per heavy atom. The number of nitrogens with zero attached hydrogens (tertiary/aromatic N) is 1. The molecule has 2 unspecified atom stereocenters. The van der Waals surface area contributed by atoms with Crippen LogP contribution in [-0.4, -0.2) is 48.9 Å². The van der Waals surface area contributed by atoms with Gasteiger partial charge in [-0.2, -0.15) is 0 Å². The summed E-state index contributed by atoms with van der Waals surface area (Å²) in [5.41, 5.74) is 0. The van der Waals surface area contributed by atoms with Crippen LogP contribution in [0.15, 0.2) is 0 Å². The molecule has 2 atom stereocenters. The van der Waals surface area contributed by atoms with Gasteiger partial charge in [0, 0.05) is 13.6 Å². The second kappa shape index (κ2) is 5.11. The molecular formula is C10H19N3O2. The summed E-state index contributed by atoms with van der Waals surface area (Å²) in [4.78, 5) is 24.9. The molecule has 2 N–H and O–H groups in total. The number of rotatable bonds is 4. The molecule has 0 saturated carbocycles. The highest BCUT2D eigenvalue weighted by Crippen LogP contribution is 2.14. The van der Waals surface area contributed by atoms with Gasteiger partial charge in [0.05, 0.1) is 6.04 Å². The second-order valence-electron chi connectivity index (χ2n) is 3.72. The van der Waals surface area contributed by atoms with Gasteiger partial charge in [0.1, 0.15) is 6.04 Å². The van der Waals surface area contributed by atoms with Crippen LogP contribution in [-0.2, 0) is 9.59 Å². The molecule has 1 aliphatic rings. The SMILES string of the molecule is CCNC1CCN(C(C)C(=O)NC)C1=O. The second-order valence-corrected chi connectivity index (χ2v) is 3.72. The van der Waals surface area contributed by atoms with Crippen molar-refractivity contribution in [2.75, 3.05) is 20.1 Å². The lowest BCUT2D eigenvalue weighted by Gasteiger charge is -2.23. The van der Waals surface area contributed by atoms with Crippen LogP contribution in [0, 0.1) is 0 Å². The van der Waals surface area contributed by atoms with Crippen molar-refractivity contribution in [3.8, 4) is 0 Å². The van der Waals surface area contributed by atoms with E-state index in [0.717, 1.165) is 13.0 Å². The maximum Gasteiger partial charge on any atom is 0.242 e. The lowest BCUT2D eigenvalue weighted by atomic mass is 10.2. The summed E-state index contributed by atoms with van der Waals surface area (Å²) in [6.45, 7) is 5.16. The highest BCUT2D eigenvalue weighted by atomic mass is 16.2. The molecule has 0 aromatic heterocycles. The van der Waals surface area contributed by atoms with Crippen molar-refractivity contribution < 1.29 is 9.59 Å². The van der Waals surface area contributed by atoms with Gasteiger partial charge in [0.15, 0.2) is 0 Å². The van der Waals surface area contributed by atoms with E-state index in [9.17, 15) is 9.59 Å². The Balaban J connectivity index is 2.59. The van der Waals surface area contributed by atoms with Gasteiger partial charge in [-0.05, 0) is 19.9 Å². The fraction of sp³-hybridized carbons (Fsp3) is 0.800. The third kappa shape index (κ3) is 2.47. The normalized spacial score (nSPS) is 23.0. The summed E-state index contributed by atoms with van der Waals surface area (Å²) in [6, 6.07) is -0.478. The van der Waals surface area contributed by atoms with Crippen LogP contribution in [0.1, 0.15) is 20.3 Å². The molecule has 1 fully saturated rings. The molecular weight excluding hydrogens is 194 g/mol. The summed E-state index contributed by atoms with van der Waals surface area (Å²) >= 11 is 0. The molecule has 1 rings (SSSR count). The number of hydrogen-bond donors (Lipinski definition) is 2. The fourth-order valence-electron chi connectivity index (χ4n) is 1.87. The molecule has 1 saturated heterocycles. The Morgan fingerprint density at radius 2 is 2.33 bits per heavy atom. The van der Waals surface area contributed by atoms with Gasteiger partial charge in [-0.15, -0.1) is 0 Å². The third-order valence-corrected chi connectivity index (χ3v) is 2.78. The van der Waals surface area contributed by atoms with Crippen molar-refractivity contribution in [1.82, 2.24) is 15.5 Å². The van der Waals surface area contributed by atoms with E-state index in [1.54, 1.807) is 18.9 Å². The average molecular weight is 213 g/mol. The highest BCUT2D eigenvalue weighted by Gasteiger charge is 2.35. The predicted molar refractivity (Wildman–Crippen MR) is 57.3 cm³/mol. The van der Waals surface area contributed by atoms with E-state index in [0.29, 0.717) is 6.54 Å². The first kappa shape index (κ1) is 12.0. The topological polar surface area (TPSA) is 61.4 Å². The maximum atomic E-state index is 11.8. The number of hydrogen-bond acceptors (Lipinski definition) is 3. The van der Waals surface area contributed by atoms with Crippen LogP contribution in [0.3, 0.4) is 0 Å². The molecule has 0 aliphatic carbocycles. The van der Waals surface area contributed by atoms with E-state index in [-0.39, 0.29) is 23.9 Å². The molecule has 0 aromatic rings. The van der Waals surface area contributed by atoms with Crippen molar-refractivity contribution in [3.05, 3.63) is 0 Å². The van der Waals surface area contributed by atoms with Gasteiger partial charge in [-0.1, -0.05) is 6.92 Å². The van der Waals surface area contributed by atoms with Gasteiger partial charge in [-0.3, -0.25) is 9.59 Å². The summed E-state index contributed by atoms with van der Waals surface area (Å²) in [5.74, 6) is -0.0755. The molecule has 15 heavy (non-hydrogen) atoms. The first-order valence-electron chi connectivity index (χ1n) is 5.37. The van der Waals surface area contributed by atoms with Crippen molar-refractivity contribution in [1.29, 1.82) is 0 Å². The van der Waals surface area contributed by atoms with Crippen LogP contribution in [0.2, 0.25) is 0 Å². The molecule has 0 aromatic carbocycles. The minimum absolute atomic E-state index is 0.0351. The first-order valence-corrected chi connectivity index (χ1v) is 5.37. The maximum absolute atomic E-state index is 11.8. The van der Waals surface area contributed by atoms with Gasteiger partial charge in [-0.25, -0.2) is 0 Å². The quantitative estimate of drug-likeness (QED) is 0.651. The summed E-state index contributed by atoms with van der Waals surface area (Å²) < 4.78 is 0. The molecule has 2 amide bonds. The number of likely N-dealkylation sites (tertiary alicyclic amines) is 1. The Bertz CT molecular complexity index is 255. The molecule has 0 bridgehead atoms. The predicted octanol–water partition coefficient (Wildman–Crippen LogP) is -0.669. The summed E-state index contributed by atoms with van der Waals surface area (Å²) in [6.07, 6.45) is 0.786. The number of likely N-dealkylation sites (N-methyl/N-ethyl adjacent to an activating group) is 2. The Labute approximate surface area is 90.2 Å². The van der Waals surface area contributed by atoms with Crippen molar-refractivity contribution in [2.24, 2.45) is 0 Å². The molecule has 5 nitrogen and oxygen atoms in total. The van der Waals surface area contributed by atoms with Gasteiger partial charge < -0.3 is 15.5 Å². The van der Waals surface area contributed by atoms with Crippen LogP contribution < -0.4 is 10.6 Å². The Morgan fingerprint density at radius 1 is 1.67 bits per heavy atom. The summed E-state index contributed by atoms with van der Waals surface area (Å²) in [5, 5.41) is 5.67. The van der Waals surface area contributed by atoms with E-state index in [1.165, 1.54) is 0 Å². The third-order valence-electron chi connectivity index (χ3n) is 2.78. The number of nitrogens with one attached hydrogen (secondary N) is 2. The van der Waals surface area contributed by atoms with Crippen molar-refractivity contribution in [3.63, 3.8) is 0 Å². The Kier molecular flexibility index (Phi) is 4.08. The standard InChI is InChI=1S/C10H19N3O2/c1-4-12-8-5-6-13(10(8)15)7(2)9(14)11-3/h7-8,12H,4-6H2,1-3H3,(H,11,14). The average Bonchev–Trinajstić information content (AvgIpc) is 2.59. The number of carbonyl (C=O) groups is 2. The molecule has 1 aliphatic heterocycles. The van der Waals surface area contributed by atoms with Crippen LogP contribution in [0.25, 0.3) is 0 Å². The minimum Gasteiger partial charge on any atom is -0.357 e. The van der Waals surface area contributed by atoms with E-state index < -0.39 is 0 Å². The van der Waals surface area contributed by atoms with E-state index in [1.807, 2.05) is 6.92 Å². The van der Waals surface area contributed by atoms with E-state index in [4.69, 9.17) is 0 Å². The van der Waals surface area contributed by atoms with Crippen LogP contribution >= 0.6 is 0 Å². The zero-order chi connectivity index (χ0) is 11.4. The lowest BCUT2D eigenvalue weighted by Crippen LogP contribution is -2.47. The molecule has 1 heterocycles. The Hall–Kier alpha value is -1.10. The van der Waals surface area contributed by atoms with E-state index in [2.05, 4.69) is 10.6 Å². The smallest absolute Gasteiger partial charge is 0.242 e. The first-order chi connectivity index (χ1) is 7.11. The van der Waals surface area contributed by atoms with Gasteiger partial charge >= 0.3 is 0 Å². The minimum atomic E-state index is -0.369. The summed E-state index contributed by atoms with van der Waals surface area (Å²) in [7, 11) is 1.58. The van der Waals surface area contributed by atoms with Crippen LogP contribution in [0.5, 0.6) is 0 Å². The number of carbonyl (C=O) groups excluding carboxylic acids is 2.